The maximum atomic E-state index is 5.84. The van der Waals surface area contributed by atoms with Crippen molar-refractivity contribution < 1.29 is 4.74 Å². The van der Waals surface area contributed by atoms with Crippen molar-refractivity contribution in [1.82, 2.24) is 0 Å². The van der Waals surface area contributed by atoms with Gasteiger partial charge in [-0.2, -0.15) is 0 Å². The highest BCUT2D eigenvalue weighted by Crippen LogP contribution is 2.21. The van der Waals surface area contributed by atoms with Crippen LogP contribution in [0.25, 0.3) is 0 Å². The summed E-state index contributed by atoms with van der Waals surface area (Å²) in [5.74, 6) is 0. The number of hydrogen-bond donors (Lipinski definition) is 1. The fraction of sp³-hybridized carbons (Fsp3) is 0.538. The monoisotopic (exact) mass is 256 g/mol. The van der Waals surface area contributed by atoms with Crippen molar-refractivity contribution in [1.29, 1.82) is 0 Å². The number of hydrogen-bond acceptors (Lipinski definition) is 3. The molecule has 0 spiro atoms. The minimum Gasteiger partial charge on any atom is -0.377 e. The third-order valence-corrected chi connectivity index (χ3v) is 3.12. The van der Waals surface area contributed by atoms with Crippen LogP contribution in [-0.4, -0.2) is 25.8 Å². The van der Waals surface area contributed by atoms with E-state index in [1.54, 1.807) is 0 Å². The first-order chi connectivity index (χ1) is 7.68. The highest BCUT2D eigenvalue weighted by Gasteiger charge is 2.18. The lowest BCUT2D eigenvalue weighted by Crippen LogP contribution is -2.43. The maximum Gasteiger partial charge on any atom is 0.0668 e. The van der Waals surface area contributed by atoms with E-state index in [1.807, 2.05) is 6.92 Å². The predicted octanol–water partition coefficient (Wildman–Crippen LogP) is 2.35. The zero-order chi connectivity index (χ0) is 11.5. The van der Waals surface area contributed by atoms with Gasteiger partial charge in [0.25, 0.3) is 0 Å². The largest absolute Gasteiger partial charge is 0.377 e. The molecule has 0 saturated carbocycles. The molecule has 0 amide bonds. The molecule has 0 radical (unpaired) electrons. The van der Waals surface area contributed by atoms with Crippen LogP contribution in [0.2, 0.25) is 0 Å². The summed E-state index contributed by atoms with van der Waals surface area (Å²) in [4.78, 5) is 2.38. The van der Waals surface area contributed by atoms with Gasteiger partial charge in [0.05, 0.1) is 13.2 Å². The molecule has 0 unspecified atom stereocenters. The SMILES string of the molecule is C[C@@H](N)c1ccc(N2CCOC[C@@H]2C)cc1.Cl. The van der Waals surface area contributed by atoms with E-state index in [-0.39, 0.29) is 18.4 Å². The van der Waals surface area contributed by atoms with Crippen LogP contribution in [0.4, 0.5) is 5.69 Å². The average Bonchev–Trinajstić information content (AvgIpc) is 2.30. The van der Waals surface area contributed by atoms with Gasteiger partial charge < -0.3 is 15.4 Å². The summed E-state index contributed by atoms with van der Waals surface area (Å²) < 4.78 is 5.43. The van der Waals surface area contributed by atoms with Crippen LogP contribution in [-0.2, 0) is 4.74 Å². The van der Waals surface area contributed by atoms with Gasteiger partial charge in [-0.25, -0.2) is 0 Å². The summed E-state index contributed by atoms with van der Waals surface area (Å²) in [6, 6.07) is 9.09. The molecule has 1 aliphatic heterocycles. The molecule has 1 fully saturated rings. The van der Waals surface area contributed by atoms with Crippen LogP contribution in [0.5, 0.6) is 0 Å². The van der Waals surface area contributed by atoms with Crippen LogP contribution in [0.1, 0.15) is 25.5 Å². The zero-order valence-electron chi connectivity index (χ0n) is 10.4. The Hall–Kier alpha value is -0.770. The molecule has 1 aromatic carbocycles. The summed E-state index contributed by atoms with van der Waals surface area (Å²) in [6.07, 6.45) is 0. The molecule has 96 valence electrons. The number of nitrogens with two attached hydrogens (primary N) is 1. The Morgan fingerprint density at radius 3 is 2.53 bits per heavy atom. The van der Waals surface area contributed by atoms with Gasteiger partial charge in [0.1, 0.15) is 0 Å². The highest BCUT2D eigenvalue weighted by atomic mass is 35.5. The quantitative estimate of drug-likeness (QED) is 0.883. The Morgan fingerprint density at radius 1 is 1.35 bits per heavy atom. The van der Waals surface area contributed by atoms with E-state index in [4.69, 9.17) is 10.5 Å². The maximum absolute atomic E-state index is 5.84. The van der Waals surface area contributed by atoms with E-state index in [9.17, 15) is 0 Å². The normalized spacial score (nSPS) is 21.8. The van der Waals surface area contributed by atoms with Gasteiger partial charge >= 0.3 is 0 Å². The van der Waals surface area contributed by atoms with Gasteiger partial charge in [-0.3, -0.25) is 0 Å². The van der Waals surface area contributed by atoms with Crippen molar-refractivity contribution in [3.05, 3.63) is 29.8 Å². The Kier molecular flexibility index (Phi) is 5.25. The number of morpholine rings is 1. The van der Waals surface area contributed by atoms with Crippen LogP contribution >= 0.6 is 12.4 Å². The molecule has 0 bridgehead atoms. The van der Waals surface area contributed by atoms with E-state index in [2.05, 4.69) is 36.1 Å². The molecule has 0 aromatic heterocycles. The molecule has 1 aliphatic rings. The molecule has 2 N–H and O–H groups in total. The predicted molar refractivity (Wildman–Crippen MR) is 73.9 cm³/mol. The lowest BCUT2D eigenvalue weighted by Gasteiger charge is -2.35. The summed E-state index contributed by atoms with van der Waals surface area (Å²) in [5, 5.41) is 0. The number of ether oxygens (including phenoxy) is 1. The third kappa shape index (κ3) is 3.35. The number of anilines is 1. The second kappa shape index (κ2) is 6.24. The van der Waals surface area contributed by atoms with Crippen molar-refractivity contribution in [2.45, 2.75) is 25.9 Å². The first kappa shape index (κ1) is 14.3. The van der Waals surface area contributed by atoms with Crippen LogP contribution < -0.4 is 10.6 Å². The van der Waals surface area contributed by atoms with Crippen LogP contribution in [0.15, 0.2) is 24.3 Å². The van der Waals surface area contributed by atoms with E-state index < -0.39 is 0 Å². The van der Waals surface area contributed by atoms with E-state index in [1.165, 1.54) is 11.3 Å². The van der Waals surface area contributed by atoms with Crippen molar-refractivity contribution in [3.63, 3.8) is 0 Å². The van der Waals surface area contributed by atoms with Gasteiger partial charge in [0.2, 0.25) is 0 Å². The fourth-order valence-electron chi connectivity index (χ4n) is 2.08. The van der Waals surface area contributed by atoms with Gasteiger partial charge in [0.15, 0.2) is 0 Å². The summed E-state index contributed by atoms with van der Waals surface area (Å²) in [6.45, 7) is 6.80. The van der Waals surface area contributed by atoms with Crippen LogP contribution in [0.3, 0.4) is 0 Å². The van der Waals surface area contributed by atoms with Crippen molar-refractivity contribution in [3.8, 4) is 0 Å². The zero-order valence-corrected chi connectivity index (χ0v) is 11.2. The Labute approximate surface area is 109 Å². The minimum atomic E-state index is 0. The Bertz CT molecular complexity index is 340. The lowest BCUT2D eigenvalue weighted by molar-refractivity contribution is 0.0989. The first-order valence-electron chi connectivity index (χ1n) is 5.88. The molecule has 4 heteroatoms. The summed E-state index contributed by atoms with van der Waals surface area (Å²) >= 11 is 0. The van der Waals surface area contributed by atoms with Crippen LogP contribution in [0, 0.1) is 0 Å². The molecule has 0 aliphatic carbocycles. The smallest absolute Gasteiger partial charge is 0.0668 e. The van der Waals surface area contributed by atoms with E-state index in [0.29, 0.717) is 6.04 Å². The van der Waals surface area contributed by atoms with Gasteiger partial charge in [-0.15, -0.1) is 12.4 Å². The molecule has 3 nitrogen and oxygen atoms in total. The number of halogens is 1. The highest BCUT2D eigenvalue weighted by molar-refractivity contribution is 5.85. The van der Waals surface area contributed by atoms with E-state index in [0.717, 1.165) is 19.8 Å². The standard InChI is InChI=1S/C13H20N2O.ClH/c1-10-9-16-8-7-15(10)13-5-3-12(4-6-13)11(2)14;/h3-6,10-11H,7-9,14H2,1-2H3;1H/t10-,11+;/m0./s1. The average molecular weight is 257 g/mol. The second-order valence-corrected chi connectivity index (χ2v) is 4.50. The number of nitrogens with zero attached hydrogens (tertiary/aromatic N) is 1. The second-order valence-electron chi connectivity index (χ2n) is 4.50. The molecular formula is C13H21ClN2O. The molecule has 17 heavy (non-hydrogen) atoms. The van der Waals surface area contributed by atoms with Gasteiger partial charge in [-0.1, -0.05) is 12.1 Å². The third-order valence-electron chi connectivity index (χ3n) is 3.12. The van der Waals surface area contributed by atoms with Gasteiger partial charge in [-0.05, 0) is 31.5 Å². The topological polar surface area (TPSA) is 38.5 Å². The summed E-state index contributed by atoms with van der Waals surface area (Å²) in [7, 11) is 0. The molecule has 2 rings (SSSR count). The van der Waals surface area contributed by atoms with Gasteiger partial charge in [0, 0.05) is 24.3 Å². The first-order valence-corrected chi connectivity index (χ1v) is 5.88. The van der Waals surface area contributed by atoms with Crippen molar-refractivity contribution in [2.75, 3.05) is 24.7 Å². The minimum absolute atomic E-state index is 0. The van der Waals surface area contributed by atoms with Crippen molar-refractivity contribution >= 4 is 18.1 Å². The number of benzene rings is 1. The van der Waals surface area contributed by atoms with E-state index >= 15 is 0 Å². The molecule has 2 atom stereocenters. The Balaban J connectivity index is 0.00000144. The van der Waals surface area contributed by atoms with Crippen molar-refractivity contribution in [2.24, 2.45) is 5.73 Å². The summed E-state index contributed by atoms with van der Waals surface area (Å²) in [5.41, 5.74) is 8.28. The fourth-order valence-corrected chi connectivity index (χ4v) is 2.08. The lowest BCUT2D eigenvalue weighted by atomic mass is 10.1. The molecule has 1 aromatic rings. The number of rotatable bonds is 2. The molecular weight excluding hydrogens is 236 g/mol. The molecule has 1 saturated heterocycles. The Morgan fingerprint density at radius 2 is 2.00 bits per heavy atom. The molecule has 1 heterocycles.